The van der Waals surface area contributed by atoms with Gasteiger partial charge in [-0.25, -0.2) is 0 Å². The first-order valence-corrected chi connectivity index (χ1v) is 11.8. The van der Waals surface area contributed by atoms with Gasteiger partial charge in [0.05, 0.1) is 12.0 Å². The summed E-state index contributed by atoms with van der Waals surface area (Å²) in [6.45, 7) is 4.27. The summed E-state index contributed by atoms with van der Waals surface area (Å²) in [6, 6.07) is 15.9. The number of benzene rings is 2. The lowest BCUT2D eigenvalue weighted by Crippen LogP contribution is -2.35. The third-order valence-electron chi connectivity index (χ3n) is 6.53. The number of aliphatic hydroxyl groups excluding tert-OH is 1. The minimum absolute atomic E-state index is 0.00547. The third-order valence-corrected chi connectivity index (χ3v) is 6.53. The lowest BCUT2D eigenvalue weighted by molar-refractivity contribution is -0.122. The van der Waals surface area contributed by atoms with Crippen molar-refractivity contribution in [1.29, 1.82) is 0 Å². The molecule has 2 aliphatic rings. The quantitative estimate of drug-likeness (QED) is 0.690. The number of aliphatic hydroxyl groups is 1. The monoisotopic (exact) mass is 435 g/mol. The van der Waals surface area contributed by atoms with Crippen molar-refractivity contribution < 1.29 is 14.7 Å². The van der Waals surface area contributed by atoms with Crippen LogP contribution in [0.4, 0.5) is 17.1 Å². The average molecular weight is 436 g/mol. The predicted molar refractivity (Wildman–Crippen MR) is 128 cm³/mol. The molecule has 32 heavy (non-hydrogen) atoms. The fourth-order valence-corrected chi connectivity index (χ4v) is 4.48. The molecule has 6 heteroatoms. The van der Waals surface area contributed by atoms with Crippen LogP contribution < -0.4 is 15.1 Å². The molecule has 170 valence electrons. The first-order valence-electron chi connectivity index (χ1n) is 11.8. The molecule has 2 heterocycles. The van der Waals surface area contributed by atoms with Crippen molar-refractivity contribution in [3.05, 3.63) is 54.1 Å². The molecule has 6 nitrogen and oxygen atoms in total. The maximum atomic E-state index is 12.8. The van der Waals surface area contributed by atoms with Crippen LogP contribution >= 0.6 is 0 Å². The van der Waals surface area contributed by atoms with Crippen LogP contribution in [-0.2, 0) is 16.0 Å². The van der Waals surface area contributed by atoms with Crippen LogP contribution in [0.5, 0.6) is 0 Å². The lowest BCUT2D eigenvalue weighted by Gasteiger charge is -2.31. The van der Waals surface area contributed by atoms with E-state index in [9.17, 15) is 14.7 Å². The van der Waals surface area contributed by atoms with Crippen LogP contribution in [-0.4, -0.2) is 42.7 Å². The van der Waals surface area contributed by atoms with Gasteiger partial charge in [-0.15, -0.1) is 0 Å². The van der Waals surface area contributed by atoms with E-state index in [1.807, 2.05) is 36.4 Å². The second-order valence-electron chi connectivity index (χ2n) is 8.93. The second kappa shape index (κ2) is 10.2. The summed E-state index contributed by atoms with van der Waals surface area (Å²) in [7, 11) is 0. The van der Waals surface area contributed by atoms with E-state index < -0.39 is 0 Å². The smallest absolute Gasteiger partial charge is 0.229 e. The zero-order valence-electron chi connectivity index (χ0n) is 18.8. The van der Waals surface area contributed by atoms with Crippen molar-refractivity contribution in [3.63, 3.8) is 0 Å². The van der Waals surface area contributed by atoms with E-state index in [2.05, 4.69) is 29.3 Å². The van der Waals surface area contributed by atoms with Crippen LogP contribution in [0, 0.1) is 5.92 Å². The molecular formula is C26H33N3O3. The van der Waals surface area contributed by atoms with Gasteiger partial charge in [0.1, 0.15) is 0 Å². The Bertz CT molecular complexity index is 918. The molecule has 4 rings (SSSR count). The van der Waals surface area contributed by atoms with E-state index >= 15 is 0 Å². The van der Waals surface area contributed by atoms with Gasteiger partial charge in [-0.05, 0) is 67.6 Å². The summed E-state index contributed by atoms with van der Waals surface area (Å²) < 4.78 is 0. The SMILES string of the molecule is CCCCc1ccc(N2C[C@@H](C(=O)Nc3ccc(N4CCC(O)CC4)cc3)CC2=O)cc1. The van der Waals surface area contributed by atoms with Crippen molar-refractivity contribution in [3.8, 4) is 0 Å². The molecule has 2 aromatic carbocycles. The Morgan fingerprint density at radius 2 is 1.69 bits per heavy atom. The van der Waals surface area contributed by atoms with Crippen LogP contribution in [0.1, 0.15) is 44.6 Å². The molecule has 2 aliphatic heterocycles. The van der Waals surface area contributed by atoms with Gasteiger partial charge >= 0.3 is 0 Å². The molecule has 0 unspecified atom stereocenters. The number of hydrogen-bond donors (Lipinski definition) is 2. The molecule has 0 bridgehead atoms. The number of carbonyl (C=O) groups excluding carboxylic acids is 2. The normalized spacial score (nSPS) is 19.4. The molecular weight excluding hydrogens is 402 g/mol. The third kappa shape index (κ3) is 5.30. The number of amides is 2. The molecule has 2 aromatic rings. The Morgan fingerprint density at radius 3 is 2.34 bits per heavy atom. The largest absolute Gasteiger partial charge is 0.393 e. The maximum absolute atomic E-state index is 12.8. The Balaban J connectivity index is 1.32. The van der Waals surface area contributed by atoms with Gasteiger partial charge in [0.15, 0.2) is 0 Å². The van der Waals surface area contributed by atoms with E-state index in [0.717, 1.165) is 62.3 Å². The van der Waals surface area contributed by atoms with E-state index in [1.54, 1.807) is 4.90 Å². The number of nitrogens with zero attached hydrogens (tertiary/aromatic N) is 2. The molecule has 1 atom stereocenters. The summed E-state index contributed by atoms with van der Waals surface area (Å²) in [5, 5.41) is 12.6. The number of hydrogen-bond acceptors (Lipinski definition) is 4. The summed E-state index contributed by atoms with van der Waals surface area (Å²) >= 11 is 0. The summed E-state index contributed by atoms with van der Waals surface area (Å²) in [5.74, 6) is -0.478. The number of rotatable bonds is 7. The molecule has 2 N–H and O–H groups in total. The maximum Gasteiger partial charge on any atom is 0.229 e. The molecule has 0 saturated carbocycles. The van der Waals surface area contributed by atoms with Crippen LogP contribution in [0.3, 0.4) is 0 Å². The average Bonchev–Trinajstić information content (AvgIpc) is 3.21. The van der Waals surface area contributed by atoms with Crippen molar-refractivity contribution in [1.82, 2.24) is 0 Å². The molecule has 2 saturated heterocycles. The highest BCUT2D eigenvalue weighted by Crippen LogP contribution is 2.27. The van der Waals surface area contributed by atoms with Gasteiger partial charge < -0.3 is 20.2 Å². The molecule has 0 aromatic heterocycles. The van der Waals surface area contributed by atoms with E-state index in [4.69, 9.17) is 0 Å². The number of aryl methyl sites for hydroxylation is 1. The first-order chi connectivity index (χ1) is 15.5. The fraction of sp³-hybridized carbons (Fsp3) is 0.462. The molecule has 0 spiro atoms. The summed E-state index contributed by atoms with van der Waals surface area (Å²) in [4.78, 5) is 29.3. The minimum Gasteiger partial charge on any atom is -0.393 e. The van der Waals surface area contributed by atoms with Crippen LogP contribution in [0.25, 0.3) is 0 Å². The Labute approximate surface area is 190 Å². The highest BCUT2D eigenvalue weighted by Gasteiger charge is 2.35. The van der Waals surface area contributed by atoms with E-state index in [0.29, 0.717) is 6.54 Å². The number of anilines is 3. The Kier molecular flexibility index (Phi) is 7.10. The van der Waals surface area contributed by atoms with Crippen molar-refractivity contribution in [2.24, 2.45) is 5.92 Å². The van der Waals surface area contributed by atoms with Gasteiger partial charge in [-0.3, -0.25) is 9.59 Å². The van der Waals surface area contributed by atoms with Crippen molar-refractivity contribution in [2.75, 3.05) is 34.8 Å². The van der Waals surface area contributed by atoms with Gasteiger partial charge in [0, 0.05) is 43.1 Å². The standard InChI is InChI=1S/C26H33N3O3/c1-2-3-4-19-5-9-23(10-6-19)29-18-20(17-25(29)31)26(32)27-21-7-11-22(12-8-21)28-15-13-24(30)14-16-28/h5-12,20,24,30H,2-4,13-18H2,1H3,(H,27,32)/t20-/m0/s1. The highest BCUT2D eigenvalue weighted by molar-refractivity contribution is 6.03. The van der Waals surface area contributed by atoms with Crippen LogP contribution in [0.15, 0.2) is 48.5 Å². The highest BCUT2D eigenvalue weighted by atomic mass is 16.3. The molecule has 0 radical (unpaired) electrons. The molecule has 2 amide bonds. The summed E-state index contributed by atoms with van der Waals surface area (Å²) in [6.07, 6.45) is 4.97. The van der Waals surface area contributed by atoms with Crippen molar-refractivity contribution >= 4 is 28.9 Å². The van der Waals surface area contributed by atoms with Gasteiger partial charge in [-0.1, -0.05) is 25.5 Å². The first kappa shape index (κ1) is 22.3. The predicted octanol–water partition coefficient (Wildman–Crippen LogP) is 3.98. The fourth-order valence-electron chi connectivity index (χ4n) is 4.48. The summed E-state index contributed by atoms with van der Waals surface area (Å²) in [5.41, 5.74) is 3.98. The molecule has 2 fully saturated rings. The zero-order chi connectivity index (χ0) is 22.5. The van der Waals surface area contributed by atoms with E-state index in [-0.39, 0.29) is 30.3 Å². The Hall–Kier alpha value is -2.86. The lowest BCUT2D eigenvalue weighted by atomic mass is 10.1. The number of unbranched alkanes of at least 4 members (excludes halogenated alkanes) is 1. The second-order valence-corrected chi connectivity index (χ2v) is 8.93. The zero-order valence-corrected chi connectivity index (χ0v) is 18.8. The number of carbonyl (C=O) groups is 2. The van der Waals surface area contributed by atoms with Gasteiger partial charge in [0.2, 0.25) is 11.8 Å². The van der Waals surface area contributed by atoms with Crippen LogP contribution in [0.2, 0.25) is 0 Å². The number of piperidine rings is 1. The molecule has 0 aliphatic carbocycles. The van der Waals surface area contributed by atoms with Gasteiger partial charge in [0.25, 0.3) is 0 Å². The Morgan fingerprint density at radius 1 is 1.03 bits per heavy atom. The van der Waals surface area contributed by atoms with Gasteiger partial charge in [-0.2, -0.15) is 0 Å². The minimum atomic E-state index is -0.356. The van der Waals surface area contributed by atoms with E-state index in [1.165, 1.54) is 5.56 Å². The number of nitrogens with one attached hydrogen (secondary N) is 1. The van der Waals surface area contributed by atoms with Crippen molar-refractivity contribution in [2.45, 2.75) is 51.6 Å². The topological polar surface area (TPSA) is 72.9 Å².